The quantitative estimate of drug-likeness (QED) is 0.745. The lowest BCUT2D eigenvalue weighted by Gasteiger charge is -2.26. The summed E-state index contributed by atoms with van der Waals surface area (Å²) >= 11 is 0. The van der Waals surface area contributed by atoms with Gasteiger partial charge in [-0.1, -0.05) is 0 Å². The van der Waals surface area contributed by atoms with Crippen LogP contribution in [0.15, 0.2) is 0 Å². The first-order valence-corrected chi connectivity index (χ1v) is 7.46. The molecule has 0 unspecified atom stereocenters. The molecule has 0 bridgehead atoms. The van der Waals surface area contributed by atoms with E-state index in [-0.39, 0.29) is 12.1 Å². The number of sulfonamides is 1. The van der Waals surface area contributed by atoms with Crippen LogP contribution in [0.1, 0.15) is 38.5 Å². The number of hydrogen-bond donors (Lipinski definition) is 2. The van der Waals surface area contributed by atoms with E-state index in [0.29, 0.717) is 11.7 Å². The smallest absolute Gasteiger partial charge is 0.212 e. The zero-order valence-corrected chi connectivity index (χ0v) is 9.80. The van der Waals surface area contributed by atoms with Gasteiger partial charge in [0, 0.05) is 12.1 Å². The molecule has 0 aromatic heterocycles. The SMILES string of the molecule is NC1CCC(NS(=O)(=O)CC2CC2)CC1. The predicted molar refractivity (Wildman–Crippen MR) is 59.9 cm³/mol. The Bertz CT molecular complexity index is 303. The topological polar surface area (TPSA) is 72.2 Å². The molecule has 0 spiro atoms. The van der Waals surface area contributed by atoms with Crippen molar-refractivity contribution in [1.82, 2.24) is 4.72 Å². The lowest BCUT2D eigenvalue weighted by atomic mass is 9.93. The van der Waals surface area contributed by atoms with Crippen LogP contribution in [0.5, 0.6) is 0 Å². The summed E-state index contributed by atoms with van der Waals surface area (Å²) in [6, 6.07) is 0.405. The lowest BCUT2D eigenvalue weighted by Crippen LogP contribution is -2.41. The van der Waals surface area contributed by atoms with Crippen LogP contribution in [0.25, 0.3) is 0 Å². The summed E-state index contributed by atoms with van der Waals surface area (Å²) < 4.78 is 26.2. The Morgan fingerprint density at radius 3 is 2.20 bits per heavy atom. The molecule has 4 nitrogen and oxygen atoms in total. The van der Waals surface area contributed by atoms with Gasteiger partial charge in [-0.05, 0) is 44.4 Å². The van der Waals surface area contributed by atoms with Crippen molar-refractivity contribution >= 4 is 10.0 Å². The zero-order valence-electron chi connectivity index (χ0n) is 8.98. The highest BCUT2D eigenvalue weighted by Crippen LogP contribution is 2.30. The molecule has 0 heterocycles. The van der Waals surface area contributed by atoms with Crippen molar-refractivity contribution in [3.05, 3.63) is 0 Å². The molecule has 88 valence electrons. The van der Waals surface area contributed by atoms with E-state index in [2.05, 4.69) is 4.72 Å². The monoisotopic (exact) mass is 232 g/mol. The first kappa shape index (κ1) is 11.4. The van der Waals surface area contributed by atoms with Gasteiger partial charge in [0.25, 0.3) is 0 Å². The number of hydrogen-bond acceptors (Lipinski definition) is 3. The fourth-order valence-corrected chi connectivity index (χ4v) is 3.93. The molecular formula is C10H20N2O2S. The van der Waals surface area contributed by atoms with Crippen molar-refractivity contribution in [2.24, 2.45) is 11.7 Å². The highest BCUT2D eigenvalue weighted by molar-refractivity contribution is 7.89. The number of nitrogens with two attached hydrogens (primary N) is 1. The Hall–Kier alpha value is -0.130. The van der Waals surface area contributed by atoms with Crippen LogP contribution in [0.2, 0.25) is 0 Å². The van der Waals surface area contributed by atoms with Crippen molar-refractivity contribution in [3.8, 4) is 0 Å². The second kappa shape index (κ2) is 4.39. The molecule has 2 fully saturated rings. The molecule has 2 aliphatic rings. The van der Waals surface area contributed by atoms with Crippen molar-refractivity contribution in [1.29, 1.82) is 0 Å². The van der Waals surface area contributed by atoms with Crippen LogP contribution < -0.4 is 10.5 Å². The van der Waals surface area contributed by atoms with Gasteiger partial charge in [0.05, 0.1) is 5.75 Å². The molecule has 2 saturated carbocycles. The van der Waals surface area contributed by atoms with E-state index in [1.54, 1.807) is 0 Å². The molecule has 2 rings (SSSR count). The van der Waals surface area contributed by atoms with Gasteiger partial charge in [-0.15, -0.1) is 0 Å². The van der Waals surface area contributed by atoms with E-state index in [4.69, 9.17) is 5.73 Å². The summed E-state index contributed by atoms with van der Waals surface area (Å²) in [5.41, 5.74) is 5.77. The molecule has 0 aromatic carbocycles. The van der Waals surface area contributed by atoms with Gasteiger partial charge in [-0.25, -0.2) is 13.1 Å². The second-order valence-electron chi connectivity index (χ2n) is 4.95. The summed E-state index contributed by atoms with van der Waals surface area (Å²) in [7, 11) is -3.03. The second-order valence-corrected chi connectivity index (χ2v) is 6.75. The Labute approximate surface area is 91.7 Å². The molecule has 0 radical (unpaired) electrons. The van der Waals surface area contributed by atoms with Crippen molar-refractivity contribution in [2.45, 2.75) is 50.6 Å². The standard InChI is InChI=1S/C10H20N2O2S/c11-9-3-5-10(6-4-9)12-15(13,14)7-8-1-2-8/h8-10,12H,1-7,11H2. The third-order valence-corrected chi connectivity index (χ3v) is 4.87. The fraction of sp³-hybridized carbons (Fsp3) is 1.00. The summed E-state index contributed by atoms with van der Waals surface area (Å²) in [6.45, 7) is 0. The van der Waals surface area contributed by atoms with Crippen LogP contribution in [-0.2, 0) is 10.0 Å². The van der Waals surface area contributed by atoms with E-state index in [0.717, 1.165) is 38.5 Å². The Morgan fingerprint density at radius 2 is 1.67 bits per heavy atom. The first-order valence-electron chi connectivity index (χ1n) is 5.81. The average molecular weight is 232 g/mol. The number of rotatable bonds is 4. The summed E-state index contributed by atoms with van der Waals surface area (Å²) in [5.74, 6) is 0.753. The Kier molecular flexibility index (Phi) is 3.33. The first-order chi connectivity index (χ1) is 7.05. The fourth-order valence-electron chi connectivity index (χ4n) is 2.13. The normalized spacial score (nSPS) is 32.9. The highest BCUT2D eigenvalue weighted by Gasteiger charge is 2.30. The van der Waals surface area contributed by atoms with E-state index in [1.165, 1.54) is 0 Å². The third-order valence-electron chi connectivity index (χ3n) is 3.27. The zero-order chi connectivity index (χ0) is 10.9. The molecular weight excluding hydrogens is 212 g/mol. The van der Waals surface area contributed by atoms with Gasteiger partial charge in [0.2, 0.25) is 10.0 Å². The van der Waals surface area contributed by atoms with E-state index >= 15 is 0 Å². The van der Waals surface area contributed by atoms with Gasteiger partial charge in [0.15, 0.2) is 0 Å². The van der Waals surface area contributed by atoms with Crippen LogP contribution >= 0.6 is 0 Å². The molecule has 0 atom stereocenters. The summed E-state index contributed by atoms with van der Waals surface area (Å²) in [4.78, 5) is 0. The number of nitrogens with one attached hydrogen (secondary N) is 1. The van der Waals surface area contributed by atoms with Gasteiger partial charge in [-0.3, -0.25) is 0 Å². The largest absolute Gasteiger partial charge is 0.328 e. The minimum atomic E-state index is -3.03. The van der Waals surface area contributed by atoms with E-state index in [9.17, 15) is 8.42 Å². The van der Waals surface area contributed by atoms with Crippen LogP contribution in [0.4, 0.5) is 0 Å². The molecule has 0 aromatic rings. The summed E-state index contributed by atoms with van der Waals surface area (Å²) in [6.07, 6.45) is 5.83. The van der Waals surface area contributed by atoms with Crippen molar-refractivity contribution in [3.63, 3.8) is 0 Å². The molecule has 3 N–H and O–H groups in total. The molecule has 0 saturated heterocycles. The maximum Gasteiger partial charge on any atom is 0.212 e. The van der Waals surface area contributed by atoms with E-state index < -0.39 is 10.0 Å². The van der Waals surface area contributed by atoms with Crippen LogP contribution in [0, 0.1) is 5.92 Å². The lowest BCUT2D eigenvalue weighted by molar-refractivity contribution is 0.373. The van der Waals surface area contributed by atoms with Gasteiger partial charge < -0.3 is 5.73 Å². The Balaban J connectivity index is 1.79. The van der Waals surface area contributed by atoms with Crippen molar-refractivity contribution in [2.75, 3.05) is 5.75 Å². The highest BCUT2D eigenvalue weighted by atomic mass is 32.2. The van der Waals surface area contributed by atoms with Gasteiger partial charge in [0.1, 0.15) is 0 Å². The molecule has 0 aliphatic heterocycles. The minimum Gasteiger partial charge on any atom is -0.328 e. The minimum absolute atomic E-state index is 0.133. The van der Waals surface area contributed by atoms with Crippen LogP contribution in [-0.4, -0.2) is 26.3 Å². The summed E-state index contributed by atoms with van der Waals surface area (Å²) in [5, 5.41) is 0. The molecule has 0 amide bonds. The van der Waals surface area contributed by atoms with Gasteiger partial charge in [-0.2, -0.15) is 0 Å². The maximum absolute atomic E-state index is 11.7. The predicted octanol–water partition coefficient (Wildman–Crippen LogP) is 0.586. The molecule has 2 aliphatic carbocycles. The van der Waals surface area contributed by atoms with E-state index in [1.807, 2.05) is 0 Å². The Morgan fingerprint density at radius 1 is 1.07 bits per heavy atom. The molecule has 15 heavy (non-hydrogen) atoms. The van der Waals surface area contributed by atoms with Crippen LogP contribution in [0.3, 0.4) is 0 Å². The van der Waals surface area contributed by atoms with Gasteiger partial charge >= 0.3 is 0 Å². The molecule has 5 heteroatoms. The van der Waals surface area contributed by atoms with Crippen molar-refractivity contribution < 1.29 is 8.42 Å². The third kappa shape index (κ3) is 3.74. The average Bonchev–Trinajstić information content (AvgIpc) is 2.91. The maximum atomic E-state index is 11.7.